The molecule has 1 saturated heterocycles. The number of ether oxygens (including phenoxy) is 1. The number of benzene rings is 3. The Morgan fingerprint density at radius 3 is 2.42 bits per heavy atom. The van der Waals surface area contributed by atoms with Crippen LogP contribution in [-0.2, 0) is 4.79 Å². The highest BCUT2D eigenvalue weighted by Crippen LogP contribution is 2.36. The van der Waals surface area contributed by atoms with Crippen molar-refractivity contribution in [1.29, 1.82) is 0 Å². The third-order valence-electron chi connectivity index (χ3n) is 6.17. The predicted molar refractivity (Wildman–Crippen MR) is 123 cm³/mol. The maximum Gasteiger partial charge on any atom is 0.227 e. The van der Waals surface area contributed by atoms with Crippen LogP contribution in [0, 0.1) is 0 Å². The van der Waals surface area contributed by atoms with E-state index in [1.165, 1.54) is 5.56 Å². The Morgan fingerprint density at radius 1 is 0.968 bits per heavy atom. The van der Waals surface area contributed by atoms with E-state index >= 15 is 0 Å². The molecule has 31 heavy (non-hydrogen) atoms. The smallest absolute Gasteiger partial charge is 0.227 e. The molecule has 1 amide bonds. The third kappa shape index (κ3) is 3.46. The van der Waals surface area contributed by atoms with E-state index in [-0.39, 0.29) is 17.9 Å². The van der Waals surface area contributed by atoms with Gasteiger partial charge in [0.25, 0.3) is 0 Å². The molecule has 5 nitrogen and oxygen atoms in total. The highest BCUT2D eigenvalue weighted by molar-refractivity contribution is 5.96. The minimum atomic E-state index is 0.0353. The fourth-order valence-corrected chi connectivity index (χ4v) is 4.53. The van der Waals surface area contributed by atoms with E-state index in [1.807, 2.05) is 53.4 Å². The second-order valence-electron chi connectivity index (χ2n) is 8.02. The van der Waals surface area contributed by atoms with Crippen molar-refractivity contribution in [1.82, 2.24) is 9.55 Å². The largest absolute Gasteiger partial charge is 0.497 e. The van der Waals surface area contributed by atoms with Gasteiger partial charge in [0.1, 0.15) is 11.6 Å². The van der Waals surface area contributed by atoms with Crippen LogP contribution in [0.5, 0.6) is 5.75 Å². The Kier molecular flexibility index (Phi) is 4.94. The van der Waals surface area contributed by atoms with E-state index in [4.69, 9.17) is 9.72 Å². The second kappa shape index (κ2) is 7.91. The molecule has 0 aliphatic carbocycles. The lowest BCUT2D eigenvalue weighted by Crippen LogP contribution is -2.24. The lowest BCUT2D eigenvalue weighted by atomic mass is 10.0. The van der Waals surface area contributed by atoms with Crippen LogP contribution < -0.4 is 9.64 Å². The first kappa shape index (κ1) is 19.4. The lowest BCUT2D eigenvalue weighted by molar-refractivity contribution is -0.117. The number of anilines is 1. The summed E-state index contributed by atoms with van der Waals surface area (Å²) in [4.78, 5) is 19.8. The van der Waals surface area contributed by atoms with Crippen LogP contribution in [0.1, 0.15) is 36.7 Å². The van der Waals surface area contributed by atoms with Gasteiger partial charge in [0.15, 0.2) is 0 Å². The summed E-state index contributed by atoms with van der Waals surface area (Å²) in [5, 5.41) is 0. The van der Waals surface area contributed by atoms with Gasteiger partial charge in [0, 0.05) is 24.6 Å². The maximum atomic E-state index is 12.9. The van der Waals surface area contributed by atoms with E-state index in [9.17, 15) is 4.79 Å². The number of para-hydroxylation sites is 2. The van der Waals surface area contributed by atoms with Crippen LogP contribution in [0.3, 0.4) is 0 Å². The SMILES string of the molecule is COc1ccc(N2C[C@H](c3nc4ccccc4n3[C@@H](C)c3ccccc3)CC2=O)cc1. The molecule has 0 saturated carbocycles. The molecular formula is C26H25N3O2. The molecule has 5 heteroatoms. The van der Waals surface area contributed by atoms with Crippen LogP contribution >= 0.6 is 0 Å². The molecule has 0 bridgehead atoms. The normalized spacial score (nSPS) is 17.3. The van der Waals surface area contributed by atoms with Crippen molar-refractivity contribution in [2.45, 2.75) is 25.3 Å². The Morgan fingerprint density at radius 2 is 1.68 bits per heavy atom. The van der Waals surface area contributed by atoms with Crippen LogP contribution in [0.15, 0.2) is 78.9 Å². The summed E-state index contributed by atoms with van der Waals surface area (Å²) in [6.45, 7) is 2.82. The monoisotopic (exact) mass is 411 g/mol. The van der Waals surface area contributed by atoms with Crippen molar-refractivity contribution in [3.05, 3.63) is 90.3 Å². The number of carbonyl (C=O) groups excluding carboxylic acids is 1. The summed E-state index contributed by atoms with van der Waals surface area (Å²) in [5.74, 6) is 1.92. The third-order valence-corrected chi connectivity index (χ3v) is 6.17. The number of amides is 1. The standard InChI is InChI=1S/C26H25N3O2/c1-18(19-8-4-3-5-9-19)29-24-11-7-6-10-23(24)27-26(29)20-16-25(30)28(17-20)21-12-14-22(31-2)15-13-21/h3-15,18,20H,16-17H2,1-2H3/t18-,20+/m0/s1. The van der Waals surface area contributed by atoms with Gasteiger partial charge in [0.05, 0.1) is 24.2 Å². The minimum Gasteiger partial charge on any atom is -0.497 e. The summed E-state index contributed by atoms with van der Waals surface area (Å²) in [5.41, 5.74) is 4.19. The predicted octanol–water partition coefficient (Wildman–Crippen LogP) is 5.17. The summed E-state index contributed by atoms with van der Waals surface area (Å²) >= 11 is 0. The number of imidazole rings is 1. The van der Waals surface area contributed by atoms with E-state index in [1.54, 1.807) is 7.11 Å². The quantitative estimate of drug-likeness (QED) is 0.455. The maximum absolute atomic E-state index is 12.9. The Hall–Kier alpha value is -3.60. The van der Waals surface area contributed by atoms with Crippen LogP contribution in [0.25, 0.3) is 11.0 Å². The van der Waals surface area contributed by atoms with Gasteiger partial charge >= 0.3 is 0 Å². The van der Waals surface area contributed by atoms with Crippen molar-refractivity contribution in [3.8, 4) is 5.75 Å². The second-order valence-corrected chi connectivity index (χ2v) is 8.02. The number of nitrogens with zero attached hydrogens (tertiary/aromatic N) is 3. The number of carbonyl (C=O) groups is 1. The fourth-order valence-electron chi connectivity index (χ4n) is 4.53. The van der Waals surface area contributed by atoms with Crippen molar-refractivity contribution in [2.24, 2.45) is 0 Å². The van der Waals surface area contributed by atoms with Gasteiger partial charge in [-0.15, -0.1) is 0 Å². The molecule has 2 atom stereocenters. The molecule has 4 aromatic rings. The van der Waals surface area contributed by atoms with Crippen LogP contribution in [-0.4, -0.2) is 29.1 Å². The molecule has 1 fully saturated rings. The van der Waals surface area contributed by atoms with Gasteiger partial charge in [-0.25, -0.2) is 4.98 Å². The summed E-state index contributed by atoms with van der Waals surface area (Å²) < 4.78 is 7.56. The number of hydrogen-bond acceptors (Lipinski definition) is 3. The van der Waals surface area contributed by atoms with Gasteiger partial charge in [-0.1, -0.05) is 42.5 Å². The van der Waals surface area contributed by atoms with Gasteiger partial charge in [-0.3, -0.25) is 4.79 Å². The molecule has 1 aliphatic heterocycles. The first-order valence-electron chi connectivity index (χ1n) is 10.6. The molecule has 2 heterocycles. The highest BCUT2D eigenvalue weighted by atomic mass is 16.5. The van der Waals surface area contributed by atoms with Crippen molar-refractivity contribution >= 4 is 22.6 Å². The molecule has 0 N–H and O–H groups in total. The van der Waals surface area contributed by atoms with Gasteiger partial charge in [0.2, 0.25) is 5.91 Å². The zero-order valence-electron chi connectivity index (χ0n) is 17.7. The minimum absolute atomic E-state index is 0.0353. The molecule has 5 rings (SSSR count). The van der Waals surface area contributed by atoms with Gasteiger partial charge in [-0.05, 0) is 48.9 Å². The average molecular weight is 412 g/mol. The first-order valence-corrected chi connectivity index (χ1v) is 10.6. The molecule has 0 spiro atoms. The van der Waals surface area contributed by atoms with Crippen molar-refractivity contribution < 1.29 is 9.53 Å². The number of methoxy groups -OCH3 is 1. The molecule has 3 aromatic carbocycles. The van der Waals surface area contributed by atoms with Crippen LogP contribution in [0.4, 0.5) is 5.69 Å². The number of rotatable bonds is 5. The lowest BCUT2D eigenvalue weighted by Gasteiger charge is -2.21. The Balaban J connectivity index is 1.53. The zero-order valence-corrected chi connectivity index (χ0v) is 17.7. The topological polar surface area (TPSA) is 47.4 Å². The first-order chi connectivity index (χ1) is 15.2. The molecule has 1 aromatic heterocycles. The van der Waals surface area contributed by atoms with E-state index in [2.05, 4.69) is 41.8 Å². The van der Waals surface area contributed by atoms with E-state index in [0.717, 1.165) is 28.3 Å². The summed E-state index contributed by atoms with van der Waals surface area (Å²) in [6.07, 6.45) is 0.455. The van der Waals surface area contributed by atoms with Gasteiger partial charge in [-0.2, -0.15) is 0 Å². The molecule has 1 aliphatic rings. The molecule has 156 valence electrons. The number of fused-ring (bicyclic) bond motifs is 1. The Bertz CT molecular complexity index is 1210. The fraction of sp³-hybridized carbons (Fsp3) is 0.231. The number of hydrogen-bond donors (Lipinski definition) is 0. The van der Waals surface area contributed by atoms with E-state index < -0.39 is 0 Å². The Labute approximate surface area is 181 Å². The van der Waals surface area contributed by atoms with Crippen molar-refractivity contribution in [3.63, 3.8) is 0 Å². The number of aromatic nitrogens is 2. The van der Waals surface area contributed by atoms with Crippen LogP contribution in [0.2, 0.25) is 0 Å². The molecule has 0 unspecified atom stereocenters. The van der Waals surface area contributed by atoms with E-state index in [0.29, 0.717) is 13.0 Å². The summed E-state index contributed by atoms with van der Waals surface area (Å²) in [7, 11) is 1.64. The summed E-state index contributed by atoms with van der Waals surface area (Å²) in [6, 6.07) is 26.5. The van der Waals surface area contributed by atoms with Gasteiger partial charge < -0.3 is 14.2 Å². The highest BCUT2D eigenvalue weighted by Gasteiger charge is 2.35. The molecule has 0 radical (unpaired) electrons. The average Bonchev–Trinajstić information content (AvgIpc) is 3.40. The zero-order chi connectivity index (χ0) is 21.4. The molecular weight excluding hydrogens is 386 g/mol. The van der Waals surface area contributed by atoms with Crippen molar-refractivity contribution in [2.75, 3.05) is 18.6 Å².